The number of nitrogens with one attached hydrogen (secondary N) is 1. The molecule has 2 unspecified atom stereocenters. The van der Waals surface area contributed by atoms with Gasteiger partial charge in [-0.25, -0.2) is 4.79 Å². The molecule has 1 N–H and O–H groups in total. The van der Waals surface area contributed by atoms with Crippen molar-refractivity contribution in [2.24, 2.45) is 11.8 Å². The monoisotopic (exact) mass is 243 g/mol. The van der Waals surface area contributed by atoms with Crippen LogP contribution in [0, 0.1) is 11.8 Å². The largest absolute Gasteiger partial charge is 0.444 e. The van der Waals surface area contributed by atoms with Gasteiger partial charge in [0, 0.05) is 19.1 Å². The topological polar surface area (TPSA) is 47.6 Å². The SMILES string of the molecule is CC(C)C1OCCC1CNC(=O)OC(C)(C)C. The third kappa shape index (κ3) is 4.94. The second kappa shape index (κ2) is 5.71. The smallest absolute Gasteiger partial charge is 0.407 e. The van der Waals surface area contributed by atoms with Crippen LogP contribution >= 0.6 is 0 Å². The summed E-state index contributed by atoms with van der Waals surface area (Å²) in [5.74, 6) is 0.894. The van der Waals surface area contributed by atoms with Crippen molar-refractivity contribution in [3.8, 4) is 0 Å². The Balaban J connectivity index is 2.33. The van der Waals surface area contributed by atoms with Gasteiger partial charge in [-0.2, -0.15) is 0 Å². The number of hydrogen-bond donors (Lipinski definition) is 1. The van der Waals surface area contributed by atoms with Crippen LogP contribution in [-0.2, 0) is 9.47 Å². The van der Waals surface area contributed by atoms with Crippen LogP contribution in [0.2, 0.25) is 0 Å². The molecule has 0 radical (unpaired) electrons. The predicted octanol–water partition coefficient (Wildman–Crippen LogP) is 2.57. The van der Waals surface area contributed by atoms with Crippen LogP contribution in [0.15, 0.2) is 0 Å². The van der Waals surface area contributed by atoms with Gasteiger partial charge in [-0.1, -0.05) is 13.8 Å². The number of amides is 1. The van der Waals surface area contributed by atoms with E-state index < -0.39 is 5.60 Å². The van der Waals surface area contributed by atoms with E-state index in [1.54, 1.807) is 0 Å². The zero-order valence-electron chi connectivity index (χ0n) is 11.6. The number of ether oxygens (including phenoxy) is 2. The highest BCUT2D eigenvalue weighted by molar-refractivity contribution is 5.67. The van der Waals surface area contributed by atoms with Crippen LogP contribution in [0.4, 0.5) is 4.79 Å². The lowest BCUT2D eigenvalue weighted by Crippen LogP contribution is -2.38. The Morgan fingerprint density at radius 3 is 2.65 bits per heavy atom. The summed E-state index contributed by atoms with van der Waals surface area (Å²) in [7, 11) is 0. The van der Waals surface area contributed by atoms with Gasteiger partial charge in [0.15, 0.2) is 0 Å². The summed E-state index contributed by atoms with van der Waals surface area (Å²) in [6.45, 7) is 11.3. The molecule has 1 aliphatic rings. The molecule has 0 bridgehead atoms. The molecule has 1 amide bonds. The van der Waals surface area contributed by atoms with Gasteiger partial charge in [0.2, 0.25) is 0 Å². The van der Waals surface area contributed by atoms with Crippen molar-refractivity contribution in [2.45, 2.75) is 52.7 Å². The molecule has 1 heterocycles. The van der Waals surface area contributed by atoms with Gasteiger partial charge in [0.1, 0.15) is 5.60 Å². The molecule has 100 valence electrons. The Hall–Kier alpha value is -0.770. The van der Waals surface area contributed by atoms with Crippen LogP contribution < -0.4 is 5.32 Å². The summed E-state index contributed by atoms with van der Waals surface area (Å²) in [6.07, 6.45) is 0.926. The molecule has 0 aromatic carbocycles. The fourth-order valence-electron chi connectivity index (χ4n) is 2.14. The summed E-state index contributed by atoms with van der Waals surface area (Å²) in [5, 5.41) is 2.82. The lowest BCUT2D eigenvalue weighted by Gasteiger charge is -2.24. The van der Waals surface area contributed by atoms with E-state index in [-0.39, 0.29) is 12.2 Å². The Kier molecular flexibility index (Phi) is 4.80. The summed E-state index contributed by atoms with van der Waals surface area (Å²) in [4.78, 5) is 11.5. The van der Waals surface area contributed by atoms with Gasteiger partial charge in [-0.15, -0.1) is 0 Å². The molecule has 1 saturated heterocycles. The molecule has 1 rings (SSSR count). The number of carbonyl (C=O) groups excluding carboxylic acids is 1. The minimum atomic E-state index is -0.437. The Morgan fingerprint density at radius 2 is 2.12 bits per heavy atom. The minimum absolute atomic E-state index is 0.255. The Bertz CT molecular complexity index is 258. The van der Waals surface area contributed by atoms with E-state index in [9.17, 15) is 4.79 Å². The fraction of sp³-hybridized carbons (Fsp3) is 0.923. The molecule has 0 aliphatic carbocycles. The maximum absolute atomic E-state index is 11.5. The number of hydrogen-bond acceptors (Lipinski definition) is 3. The quantitative estimate of drug-likeness (QED) is 0.828. The third-order valence-corrected chi connectivity index (χ3v) is 2.83. The maximum atomic E-state index is 11.5. The van der Waals surface area contributed by atoms with Crippen molar-refractivity contribution >= 4 is 6.09 Å². The standard InChI is InChI=1S/C13H25NO3/c1-9(2)11-10(6-7-16-11)8-14-12(15)17-13(3,4)5/h9-11H,6-8H2,1-5H3,(H,14,15). The lowest BCUT2D eigenvalue weighted by molar-refractivity contribution is 0.0429. The molecule has 4 nitrogen and oxygen atoms in total. The van der Waals surface area contributed by atoms with Crippen molar-refractivity contribution in [3.63, 3.8) is 0 Å². The van der Waals surface area contributed by atoms with E-state index >= 15 is 0 Å². The molecular weight excluding hydrogens is 218 g/mol. The van der Waals surface area contributed by atoms with Crippen molar-refractivity contribution in [1.29, 1.82) is 0 Å². The van der Waals surface area contributed by atoms with Gasteiger partial charge in [0.05, 0.1) is 6.10 Å². The lowest BCUT2D eigenvalue weighted by atomic mass is 9.93. The molecule has 0 spiro atoms. The van der Waals surface area contributed by atoms with E-state index in [1.165, 1.54) is 0 Å². The second-order valence-corrected chi connectivity index (χ2v) is 6.01. The Morgan fingerprint density at radius 1 is 1.47 bits per heavy atom. The van der Waals surface area contributed by atoms with Gasteiger partial charge >= 0.3 is 6.09 Å². The van der Waals surface area contributed by atoms with Crippen molar-refractivity contribution in [3.05, 3.63) is 0 Å². The summed E-state index contributed by atoms with van der Waals surface area (Å²) >= 11 is 0. The molecule has 0 saturated carbocycles. The molecular formula is C13H25NO3. The first-order chi connectivity index (χ1) is 7.79. The van der Waals surface area contributed by atoms with Crippen molar-refractivity contribution < 1.29 is 14.3 Å². The van der Waals surface area contributed by atoms with E-state index in [4.69, 9.17) is 9.47 Å². The third-order valence-electron chi connectivity index (χ3n) is 2.83. The van der Waals surface area contributed by atoms with E-state index in [0.29, 0.717) is 18.4 Å². The van der Waals surface area contributed by atoms with Crippen LogP contribution in [0.25, 0.3) is 0 Å². The highest BCUT2D eigenvalue weighted by Crippen LogP contribution is 2.26. The maximum Gasteiger partial charge on any atom is 0.407 e. The highest BCUT2D eigenvalue weighted by atomic mass is 16.6. The average molecular weight is 243 g/mol. The predicted molar refractivity (Wildman–Crippen MR) is 66.9 cm³/mol. The average Bonchev–Trinajstić information content (AvgIpc) is 2.59. The molecule has 1 aliphatic heterocycles. The van der Waals surface area contributed by atoms with Crippen LogP contribution in [0.5, 0.6) is 0 Å². The number of alkyl carbamates (subject to hydrolysis) is 1. The number of rotatable bonds is 3. The summed E-state index contributed by atoms with van der Waals surface area (Å²) < 4.78 is 10.9. The molecule has 17 heavy (non-hydrogen) atoms. The van der Waals surface area contributed by atoms with E-state index in [0.717, 1.165) is 13.0 Å². The fourth-order valence-corrected chi connectivity index (χ4v) is 2.14. The molecule has 4 heteroatoms. The first kappa shape index (κ1) is 14.3. The van der Waals surface area contributed by atoms with Crippen molar-refractivity contribution in [2.75, 3.05) is 13.2 Å². The first-order valence-corrected chi connectivity index (χ1v) is 6.38. The van der Waals surface area contributed by atoms with Gasteiger partial charge in [-0.05, 0) is 33.1 Å². The van der Waals surface area contributed by atoms with E-state index in [1.807, 2.05) is 20.8 Å². The first-order valence-electron chi connectivity index (χ1n) is 6.38. The molecule has 0 aromatic heterocycles. The van der Waals surface area contributed by atoms with Gasteiger partial charge in [-0.3, -0.25) is 0 Å². The van der Waals surface area contributed by atoms with Gasteiger partial charge < -0.3 is 14.8 Å². The summed E-state index contributed by atoms with van der Waals surface area (Å²) in [6, 6.07) is 0. The number of carbonyl (C=O) groups is 1. The Labute approximate surface area is 104 Å². The van der Waals surface area contributed by atoms with Crippen molar-refractivity contribution in [1.82, 2.24) is 5.32 Å². The highest BCUT2D eigenvalue weighted by Gasteiger charge is 2.31. The van der Waals surface area contributed by atoms with Crippen LogP contribution in [-0.4, -0.2) is 30.9 Å². The van der Waals surface area contributed by atoms with E-state index in [2.05, 4.69) is 19.2 Å². The van der Waals surface area contributed by atoms with Crippen LogP contribution in [0.3, 0.4) is 0 Å². The second-order valence-electron chi connectivity index (χ2n) is 6.01. The zero-order chi connectivity index (χ0) is 13.1. The zero-order valence-corrected chi connectivity index (χ0v) is 11.6. The van der Waals surface area contributed by atoms with Gasteiger partial charge in [0.25, 0.3) is 0 Å². The minimum Gasteiger partial charge on any atom is -0.444 e. The molecule has 1 fully saturated rings. The van der Waals surface area contributed by atoms with Crippen LogP contribution in [0.1, 0.15) is 41.0 Å². The molecule has 2 atom stereocenters. The normalized spacial score (nSPS) is 25.1. The molecule has 0 aromatic rings. The summed E-state index contributed by atoms with van der Waals surface area (Å²) in [5.41, 5.74) is -0.437.